The molecule has 3 rings (SSSR count). The van der Waals surface area contributed by atoms with E-state index in [1.807, 2.05) is 0 Å². The summed E-state index contributed by atoms with van der Waals surface area (Å²) in [6.45, 7) is 1.58. The molecule has 2 aliphatic heterocycles. The molecule has 2 saturated heterocycles. The average molecular weight is 471 g/mol. The molecule has 2 fully saturated rings. The van der Waals surface area contributed by atoms with Gasteiger partial charge in [0.05, 0.1) is 36.8 Å². The van der Waals surface area contributed by atoms with Crippen LogP contribution in [-0.2, 0) is 14.3 Å². The lowest BCUT2D eigenvalue weighted by Gasteiger charge is -2.28. The Hall–Kier alpha value is -2.04. The second-order valence-electron chi connectivity index (χ2n) is 6.00. The summed E-state index contributed by atoms with van der Waals surface area (Å²) in [5, 5.41) is -0.461. The smallest absolute Gasteiger partial charge is 0.294 e. The van der Waals surface area contributed by atoms with Gasteiger partial charge in [0.2, 0.25) is 5.91 Å². The number of imide groups is 1. The minimum atomic E-state index is -0.484. The molecule has 0 atom stereocenters. The highest BCUT2D eigenvalue weighted by Crippen LogP contribution is 2.38. The van der Waals surface area contributed by atoms with Crippen molar-refractivity contribution >= 4 is 50.8 Å². The van der Waals surface area contributed by atoms with Crippen LogP contribution in [0.3, 0.4) is 0 Å². The number of nitrogens with zero attached hydrogens (tertiary/aromatic N) is 2. The monoisotopic (exact) mass is 470 g/mol. The number of carbonyl (C=O) groups excluding carboxylic acids is 3. The minimum absolute atomic E-state index is 0.249. The second-order valence-corrected chi connectivity index (χ2v) is 7.85. The van der Waals surface area contributed by atoms with Crippen molar-refractivity contribution in [2.24, 2.45) is 0 Å². The lowest BCUT2D eigenvalue weighted by molar-refractivity contribution is -0.139. The van der Waals surface area contributed by atoms with Crippen molar-refractivity contribution in [1.29, 1.82) is 0 Å². The maximum atomic E-state index is 12.7. The van der Waals surface area contributed by atoms with Gasteiger partial charge in [0, 0.05) is 13.1 Å². The van der Waals surface area contributed by atoms with Gasteiger partial charge in [-0.05, 0) is 51.5 Å². The normalized spacial score (nSPS) is 18.8. The van der Waals surface area contributed by atoms with E-state index in [-0.39, 0.29) is 17.4 Å². The number of methoxy groups -OCH3 is 2. The molecule has 0 aromatic heterocycles. The summed E-state index contributed by atoms with van der Waals surface area (Å²) >= 11 is 4.21. The molecule has 0 aliphatic carbocycles. The maximum absolute atomic E-state index is 12.7. The van der Waals surface area contributed by atoms with Crippen molar-refractivity contribution in [3.63, 3.8) is 0 Å². The number of morpholine rings is 1. The Morgan fingerprint density at radius 1 is 1.25 bits per heavy atom. The fourth-order valence-corrected chi connectivity index (χ4v) is 4.32. The number of carbonyl (C=O) groups is 3. The van der Waals surface area contributed by atoms with Crippen LogP contribution in [0, 0.1) is 0 Å². The van der Waals surface area contributed by atoms with E-state index in [4.69, 9.17) is 14.2 Å². The zero-order valence-corrected chi connectivity index (χ0v) is 17.8. The van der Waals surface area contributed by atoms with Crippen molar-refractivity contribution in [3.8, 4) is 11.5 Å². The number of hydrogen-bond acceptors (Lipinski definition) is 7. The Labute approximate surface area is 174 Å². The fourth-order valence-electron chi connectivity index (χ4n) is 2.86. The van der Waals surface area contributed by atoms with Crippen LogP contribution >= 0.6 is 27.7 Å². The molecular formula is C18H19BrN2O6S. The van der Waals surface area contributed by atoms with Crippen LogP contribution in [0.5, 0.6) is 11.5 Å². The van der Waals surface area contributed by atoms with E-state index in [2.05, 4.69) is 15.9 Å². The highest BCUT2D eigenvalue weighted by atomic mass is 79.9. The summed E-state index contributed by atoms with van der Waals surface area (Å²) in [6, 6.07) is 3.46. The zero-order valence-electron chi connectivity index (χ0n) is 15.4. The van der Waals surface area contributed by atoms with Crippen molar-refractivity contribution in [2.75, 3.05) is 47.1 Å². The topological polar surface area (TPSA) is 85.4 Å². The molecule has 0 saturated carbocycles. The molecule has 0 spiro atoms. The molecule has 0 N–H and O–H groups in total. The second kappa shape index (κ2) is 8.97. The molecule has 0 radical (unpaired) electrons. The predicted molar refractivity (Wildman–Crippen MR) is 107 cm³/mol. The first kappa shape index (κ1) is 20.7. The number of benzene rings is 1. The lowest BCUT2D eigenvalue weighted by Crippen LogP contribution is -2.46. The first-order chi connectivity index (χ1) is 13.4. The maximum Gasteiger partial charge on any atom is 0.294 e. The van der Waals surface area contributed by atoms with Gasteiger partial charge in [0.25, 0.3) is 11.1 Å². The van der Waals surface area contributed by atoms with Crippen molar-refractivity contribution in [2.45, 2.75) is 0 Å². The molecule has 2 aliphatic rings. The van der Waals surface area contributed by atoms with Crippen LogP contribution in [0.15, 0.2) is 21.5 Å². The zero-order chi connectivity index (χ0) is 20.3. The first-order valence-electron chi connectivity index (χ1n) is 8.47. The summed E-state index contributed by atoms with van der Waals surface area (Å²) in [7, 11) is 3.04. The van der Waals surface area contributed by atoms with Gasteiger partial charge >= 0.3 is 0 Å². The van der Waals surface area contributed by atoms with E-state index >= 15 is 0 Å². The van der Waals surface area contributed by atoms with Crippen LogP contribution in [-0.4, -0.2) is 73.9 Å². The average Bonchev–Trinajstić information content (AvgIpc) is 2.95. The molecule has 2 heterocycles. The lowest BCUT2D eigenvalue weighted by atomic mass is 10.2. The minimum Gasteiger partial charge on any atom is -0.493 e. The molecule has 3 amide bonds. The van der Waals surface area contributed by atoms with E-state index < -0.39 is 11.1 Å². The van der Waals surface area contributed by atoms with E-state index in [1.165, 1.54) is 14.2 Å². The molecule has 1 aromatic carbocycles. The van der Waals surface area contributed by atoms with Gasteiger partial charge in [-0.3, -0.25) is 19.3 Å². The van der Waals surface area contributed by atoms with Crippen LogP contribution in [0.4, 0.5) is 4.79 Å². The largest absolute Gasteiger partial charge is 0.493 e. The molecule has 28 heavy (non-hydrogen) atoms. The first-order valence-corrected chi connectivity index (χ1v) is 10.1. The number of amides is 3. The van der Waals surface area contributed by atoms with Crippen LogP contribution < -0.4 is 9.47 Å². The third-order valence-electron chi connectivity index (χ3n) is 4.28. The standard InChI is InChI=1S/C18H19BrN2O6S/c1-25-13-8-11(7-12(19)16(13)26-2)9-14-17(23)21(18(24)28-14)10-15(22)20-3-5-27-6-4-20/h7-9H,3-6,10H2,1-2H3/b14-9-. The van der Waals surface area contributed by atoms with E-state index in [0.717, 1.165) is 16.7 Å². The van der Waals surface area contributed by atoms with Gasteiger partial charge in [-0.15, -0.1) is 0 Å². The summed E-state index contributed by atoms with van der Waals surface area (Å²) in [6.07, 6.45) is 1.59. The molecule has 1 aromatic rings. The van der Waals surface area contributed by atoms with Crippen molar-refractivity contribution in [1.82, 2.24) is 9.80 Å². The van der Waals surface area contributed by atoms with E-state index in [0.29, 0.717) is 47.8 Å². The van der Waals surface area contributed by atoms with Gasteiger partial charge in [0.1, 0.15) is 6.54 Å². The Balaban J connectivity index is 1.77. The molecule has 0 unspecified atom stereocenters. The quantitative estimate of drug-likeness (QED) is 0.610. The van der Waals surface area contributed by atoms with Gasteiger partial charge < -0.3 is 19.1 Å². The third kappa shape index (κ3) is 4.34. The Morgan fingerprint density at radius 2 is 1.96 bits per heavy atom. The number of ether oxygens (including phenoxy) is 3. The Kier molecular flexibility index (Phi) is 6.63. The third-order valence-corrected chi connectivity index (χ3v) is 5.78. The van der Waals surface area contributed by atoms with E-state index in [9.17, 15) is 14.4 Å². The van der Waals surface area contributed by atoms with Gasteiger partial charge in [-0.25, -0.2) is 0 Å². The van der Waals surface area contributed by atoms with Crippen LogP contribution in [0.2, 0.25) is 0 Å². The van der Waals surface area contributed by atoms with Crippen molar-refractivity contribution < 1.29 is 28.6 Å². The van der Waals surface area contributed by atoms with Crippen LogP contribution in [0.25, 0.3) is 6.08 Å². The number of rotatable bonds is 5. The summed E-state index contributed by atoms with van der Waals surface area (Å²) < 4.78 is 16.4. The summed E-state index contributed by atoms with van der Waals surface area (Å²) in [5.41, 5.74) is 0.662. The molecule has 10 heteroatoms. The highest BCUT2D eigenvalue weighted by Gasteiger charge is 2.37. The summed E-state index contributed by atoms with van der Waals surface area (Å²) in [5.74, 6) is 0.275. The number of thioether (sulfide) groups is 1. The van der Waals surface area contributed by atoms with E-state index in [1.54, 1.807) is 23.1 Å². The fraction of sp³-hybridized carbons (Fsp3) is 0.389. The number of hydrogen-bond donors (Lipinski definition) is 0. The highest BCUT2D eigenvalue weighted by molar-refractivity contribution is 9.10. The van der Waals surface area contributed by atoms with Gasteiger partial charge in [0.15, 0.2) is 11.5 Å². The van der Waals surface area contributed by atoms with Gasteiger partial charge in [-0.2, -0.15) is 0 Å². The Morgan fingerprint density at radius 3 is 2.61 bits per heavy atom. The van der Waals surface area contributed by atoms with Gasteiger partial charge in [-0.1, -0.05) is 0 Å². The molecule has 0 bridgehead atoms. The predicted octanol–water partition coefficient (Wildman–Crippen LogP) is 2.36. The molecular weight excluding hydrogens is 452 g/mol. The number of halogens is 1. The Bertz CT molecular complexity index is 838. The SMILES string of the molecule is COc1cc(/C=C2\SC(=O)N(CC(=O)N3CCOCC3)C2=O)cc(Br)c1OC. The van der Waals surface area contributed by atoms with Crippen molar-refractivity contribution in [3.05, 3.63) is 27.1 Å². The molecule has 8 nitrogen and oxygen atoms in total. The molecule has 150 valence electrons. The van der Waals surface area contributed by atoms with Crippen LogP contribution in [0.1, 0.15) is 5.56 Å². The summed E-state index contributed by atoms with van der Waals surface area (Å²) in [4.78, 5) is 40.1.